The van der Waals surface area contributed by atoms with E-state index in [4.69, 9.17) is 10.5 Å². The maximum Gasteiger partial charge on any atom is 0.148 e. The predicted octanol–water partition coefficient (Wildman–Crippen LogP) is 2.22. The van der Waals surface area contributed by atoms with Crippen LogP contribution in [0.2, 0.25) is 0 Å². The van der Waals surface area contributed by atoms with E-state index in [1.165, 1.54) is 11.5 Å². The Morgan fingerprint density at radius 2 is 2.35 bits per heavy atom. The number of rotatable bonds is 5. The van der Waals surface area contributed by atoms with Gasteiger partial charge in [-0.15, -0.1) is 11.3 Å². The van der Waals surface area contributed by atoms with Crippen molar-refractivity contribution in [3.8, 4) is 11.3 Å². The van der Waals surface area contributed by atoms with E-state index in [9.17, 15) is 0 Å². The molecule has 0 unspecified atom stereocenters. The second-order valence-corrected chi connectivity index (χ2v) is 5.28. The van der Waals surface area contributed by atoms with Crippen LogP contribution in [-0.4, -0.2) is 29.6 Å². The lowest BCUT2D eigenvalue weighted by molar-refractivity contribution is 0.211. The molecule has 2 aromatic heterocycles. The van der Waals surface area contributed by atoms with Gasteiger partial charge in [-0.2, -0.15) is 4.37 Å². The van der Waals surface area contributed by atoms with Crippen molar-refractivity contribution < 1.29 is 4.74 Å². The first-order valence-corrected chi connectivity index (χ1v) is 6.78. The monoisotopic (exact) mass is 270 g/mol. The van der Waals surface area contributed by atoms with E-state index < -0.39 is 0 Å². The lowest BCUT2D eigenvalue weighted by Gasteiger charge is -2.04. The number of aryl methyl sites for hydroxylation is 1. The Hall–Kier alpha value is -1.18. The fraction of sp³-hybridized carbons (Fsp3) is 0.400. The van der Waals surface area contributed by atoms with Crippen molar-refractivity contribution in [2.75, 3.05) is 31.3 Å². The summed E-state index contributed by atoms with van der Waals surface area (Å²) in [5.74, 6) is 0.528. The van der Waals surface area contributed by atoms with Crippen LogP contribution in [0.25, 0.3) is 11.3 Å². The summed E-state index contributed by atoms with van der Waals surface area (Å²) in [5, 5.41) is 7.23. The molecule has 0 spiro atoms. The molecule has 2 aromatic rings. The van der Waals surface area contributed by atoms with E-state index in [0.29, 0.717) is 12.4 Å². The normalized spacial score (nSPS) is 10.7. The fourth-order valence-electron chi connectivity index (χ4n) is 1.42. The number of hydrogen-bond acceptors (Lipinski definition) is 7. The summed E-state index contributed by atoms with van der Waals surface area (Å²) in [4.78, 5) is 4.44. The van der Waals surface area contributed by atoms with E-state index in [1.54, 1.807) is 18.4 Å². The van der Waals surface area contributed by atoms with Crippen molar-refractivity contribution >= 4 is 33.7 Å². The van der Waals surface area contributed by atoms with E-state index in [-0.39, 0.29) is 0 Å². The lowest BCUT2D eigenvalue weighted by atomic mass is 10.2. The van der Waals surface area contributed by atoms with Gasteiger partial charge >= 0.3 is 0 Å². The highest BCUT2D eigenvalue weighted by Gasteiger charge is 2.15. The van der Waals surface area contributed by atoms with E-state index in [1.807, 2.05) is 12.3 Å². The van der Waals surface area contributed by atoms with Gasteiger partial charge in [0, 0.05) is 19.0 Å². The third kappa shape index (κ3) is 2.74. The molecule has 0 bridgehead atoms. The highest BCUT2D eigenvalue weighted by atomic mass is 32.1. The molecule has 0 fully saturated rings. The molecule has 0 saturated carbocycles. The molecule has 17 heavy (non-hydrogen) atoms. The van der Waals surface area contributed by atoms with Gasteiger partial charge in [0.25, 0.3) is 0 Å². The van der Waals surface area contributed by atoms with Crippen LogP contribution in [0.4, 0.5) is 10.8 Å². The van der Waals surface area contributed by atoms with Crippen molar-refractivity contribution in [1.82, 2.24) is 9.36 Å². The molecule has 0 atom stereocenters. The molecule has 0 aliphatic heterocycles. The summed E-state index contributed by atoms with van der Waals surface area (Å²) < 4.78 is 9.16. The summed E-state index contributed by atoms with van der Waals surface area (Å²) in [6.07, 6.45) is 0. The summed E-state index contributed by atoms with van der Waals surface area (Å²) in [5.41, 5.74) is 7.67. The zero-order valence-corrected chi connectivity index (χ0v) is 11.3. The van der Waals surface area contributed by atoms with Gasteiger partial charge in [-0.3, -0.25) is 0 Å². The van der Waals surface area contributed by atoms with Gasteiger partial charge in [-0.05, 0) is 18.5 Å². The van der Waals surface area contributed by atoms with Crippen LogP contribution >= 0.6 is 22.9 Å². The molecule has 92 valence electrons. The molecule has 0 radical (unpaired) electrons. The summed E-state index contributed by atoms with van der Waals surface area (Å²) in [7, 11) is 1.67. The minimum absolute atomic E-state index is 0.528. The largest absolute Gasteiger partial charge is 0.383 e. The Balaban J connectivity index is 2.23. The first kappa shape index (κ1) is 12.3. The predicted molar refractivity (Wildman–Crippen MR) is 72.7 cm³/mol. The van der Waals surface area contributed by atoms with E-state index >= 15 is 0 Å². The van der Waals surface area contributed by atoms with Crippen molar-refractivity contribution in [2.45, 2.75) is 6.92 Å². The van der Waals surface area contributed by atoms with Gasteiger partial charge < -0.3 is 15.8 Å². The molecule has 2 rings (SSSR count). The third-order valence-electron chi connectivity index (χ3n) is 2.19. The maximum atomic E-state index is 5.88. The highest BCUT2D eigenvalue weighted by molar-refractivity contribution is 7.11. The Labute approximate surface area is 108 Å². The lowest BCUT2D eigenvalue weighted by Crippen LogP contribution is -2.07. The maximum absolute atomic E-state index is 5.88. The van der Waals surface area contributed by atoms with E-state index in [0.717, 1.165) is 27.8 Å². The topological polar surface area (TPSA) is 73.1 Å². The van der Waals surface area contributed by atoms with Crippen LogP contribution < -0.4 is 11.1 Å². The number of hydrogen-bond donors (Lipinski definition) is 2. The number of anilines is 2. The zero-order chi connectivity index (χ0) is 12.3. The summed E-state index contributed by atoms with van der Waals surface area (Å²) in [6.45, 7) is 3.35. The van der Waals surface area contributed by atoms with Crippen LogP contribution in [0.15, 0.2) is 5.38 Å². The molecule has 0 aromatic carbocycles. The van der Waals surface area contributed by atoms with E-state index in [2.05, 4.69) is 14.7 Å². The SMILES string of the molecule is COCCNc1snc(N)c1-c1csc(C)n1. The number of nitrogens with one attached hydrogen (secondary N) is 1. The number of methoxy groups -OCH3 is 1. The molecule has 0 aliphatic rings. The smallest absolute Gasteiger partial charge is 0.148 e. The fourth-order valence-corrected chi connectivity index (χ4v) is 2.77. The van der Waals surface area contributed by atoms with Crippen LogP contribution in [0.3, 0.4) is 0 Å². The number of ether oxygens (including phenoxy) is 1. The standard InChI is InChI=1S/C10H14N4OS2/c1-6-13-7(5-16-6)8-9(11)14-17-10(8)12-3-4-15-2/h5,12H,3-4H2,1-2H3,(H2,11,14). The quantitative estimate of drug-likeness (QED) is 0.815. The number of nitrogens with two attached hydrogens (primary N) is 1. The zero-order valence-electron chi connectivity index (χ0n) is 9.69. The summed E-state index contributed by atoms with van der Waals surface area (Å²) >= 11 is 2.96. The number of nitrogens with zero attached hydrogens (tertiary/aromatic N) is 2. The Kier molecular flexibility index (Phi) is 3.93. The third-order valence-corrected chi connectivity index (χ3v) is 3.78. The first-order valence-electron chi connectivity index (χ1n) is 5.13. The summed E-state index contributed by atoms with van der Waals surface area (Å²) in [6, 6.07) is 0. The number of aromatic nitrogens is 2. The average molecular weight is 270 g/mol. The van der Waals surface area contributed by atoms with Gasteiger partial charge in [-0.1, -0.05) is 0 Å². The van der Waals surface area contributed by atoms with Gasteiger partial charge in [0.05, 0.1) is 22.9 Å². The minimum atomic E-state index is 0.528. The second kappa shape index (κ2) is 5.44. The molecular formula is C10H14N4OS2. The van der Waals surface area contributed by atoms with Crippen LogP contribution in [0.5, 0.6) is 0 Å². The molecule has 3 N–H and O–H groups in total. The van der Waals surface area contributed by atoms with Gasteiger partial charge in [-0.25, -0.2) is 4.98 Å². The van der Waals surface area contributed by atoms with Gasteiger partial charge in [0.2, 0.25) is 0 Å². The van der Waals surface area contributed by atoms with Gasteiger partial charge in [0.15, 0.2) is 0 Å². The van der Waals surface area contributed by atoms with Crippen LogP contribution in [-0.2, 0) is 4.74 Å². The Morgan fingerprint density at radius 3 is 3.00 bits per heavy atom. The average Bonchev–Trinajstić information content (AvgIpc) is 2.86. The molecule has 2 heterocycles. The van der Waals surface area contributed by atoms with Crippen LogP contribution in [0, 0.1) is 6.92 Å². The Morgan fingerprint density at radius 1 is 1.53 bits per heavy atom. The minimum Gasteiger partial charge on any atom is -0.383 e. The number of thiazole rings is 1. The molecule has 7 heteroatoms. The molecule has 5 nitrogen and oxygen atoms in total. The van der Waals surface area contributed by atoms with Crippen molar-refractivity contribution in [3.05, 3.63) is 10.4 Å². The molecule has 0 aliphatic carbocycles. The molecule has 0 amide bonds. The van der Waals surface area contributed by atoms with Crippen molar-refractivity contribution in [2.24, 2.45) is 0 Å². The Bertz CT molecular complexity index is 494. The van der Waals surface area contributed by atoms with Crippen LogP contribution in [0.1, 0.15) is 5.01 Å². The first-order chi connectivity index (χ1) is 8.22. The molecular weight excluding hydrogens is 256 g/mol. The van der Waals surface area contributed by atoms with Crippen molar-refractivity contribution in [3.63, 3.8) is 0 Å². The van der Waals surface area contributed by atoms with Crippen molar-refractivity contribution in [1.29, 1.82) is 0 Å². The highest BCUT2D eigenvalue weighted by Crippen LogP contribution is 2.36. The number of nitrogen functional groups attached to an aromatic ring is 1. The second-order valence-electron chi connectivity index (χ2n) is 3.44. The van der Waals surface area contributed by atoms with Gasteiger partial charge in [0.1, 0.15) is 10.8 Å². The molecule has 0 saturated heterocycles.